The third-order valence-electron chi connectivity index (χ3n) is 6.16. The molecule has 0 radical (unpaired) electrons. The van der Waals surface area contributed by atoms with Crippen LogP contribution < -0.4 is 10.6 Å². The van der Waals surface area contributed by atoms with Crippen molar-refractivity contribution in [3.63, 3.8) is 0 Å². The molecule has 0 aliphatic carbocycles. The first kappa shape index (κ1) is 27.5. The average molecular weight is 487 g/mol. The van der Waals surface area contributed by atoms with Gasteiger partial charge in [-0.15, -0.1) is 11.3 Å². The first-order valence-corrected chi connectivity index (χ1v) is 12.7. The monoisotopic (exact) mass is 486 g/mol. The lowest BCUT2D eigenvalue weighted by Gasteiger charge is -2.27. The Morgan fingerprint density at radius 2 is 1.94 bits per heavy atom. The van der Waals surface area contributed by atoms with Crippen molar-refractivity contribution in [1.29, 1.82) is 0 Å². The summed E-state index contributed by atoms with van der Waals surface area (Å²) in [6, 6.07) is 8.06. The molecule has 7 nitrogen and oxygen atoms in total. The number of aryl methyl sites for hydroxylation is 1. The molecular weight excluding hydrogens is 448 g/mol. The van der Waals surface area contributed by atoms with Gasteiger partial charge in [-0.25, -0.2) is 4.98 Å². The maximum Gasteiger partial charge on any atom is 0.243 e. The average Bonchev–Trinajstić information content (AvgIpc) is 3.46. The van der Waals surface area contributed by atoms with Crippen LogP contribution in [0.1, 0.15) is 65.1 Å². The smallest absolute Gasteiger partial charge is 0.243 e. The van der Waals surface area contributed by atoms with Crippen LogP contribution in [0.2, 0.25) is 0 Å². The van der Waals surface area contributed by atoms with Crippen LogP contribution in [0, 0.1) is 12.3 Å². The number of carbonyl (C=O) groups excluding carboxylic acids is 3. The fraction of sp³-hybridized carbons (Fsp3) is 0.538. The van der Waals surface area contributed by atoms with Crippen LogP contribution in [0.4, 0.5) is 0 Å². The molecule has 0 bridgehead atoms. The maximum atomic E-state index is 12.2. The summed E-state index contributed by atoms with van der Waals surface area (Å²) in [6.07, 6.45) is 2.97. The van der Waals surface area contributed by atoms with Gasteiger partial charge in [0.25, 0.3) is 0 Å². The highest BCUT2D eigenvalue weighted by molar-refractivity contribution is 7.13. The zero-order valence-electron chi connectivity index (χ0n) is 21.2. The molecule has 2 heterocycles. The molecule has 2 N–H and O–H groups in total. The second kappa shape index (κ2) is 12.6. The highest BCUT2D eigenvalue weighted by Crippen LogP contribution is 2.27. The van der Waals surface area contributed by atoms with Gasteiger partial charge in [-0.3, -0.25) is 14.4 Å². The number of amides is 3. The lowest BCUT2D eigenvalue weighted by atomic mass is 9.88. The van der Waals surface area contributed by atoms with E-state index in [9.17, 15) is 14.4 Å². The predicted octanol–water partition coefficient (Wildman–Crippen LogP) is 4.30. The summed E-state index contributed by atoms with van der Waals surface area (Å²) < 4.78 is 0. The number of carbonyl (C=O) groups is 3. The van der Waals surface area contributed by atoms with Crippen molar-refractivity contribution < 1.29 is 14.4 Å². The molecule has 34 heavy (non-hydrogen) atoms. The Bertz CT molecular complexity index is 950. The number of thiazole rings is 1. The summed E-state index contributed by atoms with van der Waals surface area (Å²) in [5, 5.41) is 5.85. The number of benzene rings is 1. The van der Waals surface area contributed by atoms with Gasteiger partial charge in [-0.2, -0.15) is 0 Å². The SMILES string of the molecule is CCC(=O)NC(C)C(C)(C)C.Cc1ncsc1-c1ccc(CNC(=O)C2CCCN2C=O)cc1. The molecule has 1 aliphatic heterocycles. The van der Waals surface area contributed by atoms with Crippen LogP contribution in [0.3, 0.4) is 0 Å². The van der Waals surface area contributed by atoms with Gasteiger partial charge < -0.3 is 15.5 Å². The van der Waals surface area contributed by atoms with Gasteiger partial charge in [0.15, 0.2) is 0 Å². The first-order valence-electron chi connectivity index (χ1n) is 11.8. The molecule has 1 aliphatic rings. The van der Waals surface area contributed by atoms with Crippen molar-refractivity contribution in [3.05, 3.63) is 41.0 Å². The summed E-state index contributed by atoms with van der Waals surface area (Å²) in [7, 11) is 0. The molecule has 8 heteroatoms. The maximum absolute atomic E-state index is 12.2. The number of aromatic nitrogens is 1. The van der Waals surface area contributed by atoms with E-state index in [0.29, 0.717) is 19.5 Å². The number of hydrogen-bond donors (Lipinski definition) is 2. The van der Waals surface area contributed by atoms with Gasteiger partial charge >= 0.3 is 0 Å². The Balaban J connectivity index is 0.000000316. The van der Waals surface area contributed by atoms with Crippen LogP contribution in [0.25, 0.3) is 10.4 Å². The summed E-state index contributed by atoms with van der Waals surface area (Å²) in [4.78, 5) is 41.1. The second-order valence-electron chi connectivity index (χ2n) is 9.69. The molecule has 0 spiro atoms. The van der Waals surface area contributed by atoms with Crippen LogP contribution in [0.15, 0.2) is 29.8 Å². The van der Waals surface area contributed by atoms with Crippen molar-refractivity contribution in [3.8, 4) is 10.4 Å². The molecule has 1 fully saturated rings. The third-order valence-corrected chi connectivity index (χ3v) is 7.14. The lowest BCUT2D eigenvalue weighted by molar-refractivity contribution is -0.131. The number of nitrogens with one attached hydrogen (secondary N) is 2. The molecule has 1 aromatic carbocycles. The first-order chi connectivity index (χ1) is 16.1. The molecular formula is C26H38N4O3S. The summed E-state index contributed by atoms with van der Waals surface area (Å²) in [5.41, 5.74) is 5.22. The highest BCUT2D eigenvalue weighted by Gasteiger charge is 2.29. The molecule has 2 unspecified atom stereocenters. The summed E-state index contributed by atoms with van der Waals surface area (Å²) in [6.45, 7) is 13.4. The predicted molar refractivity (Wildman–Crippen MR) is 137 cm³/mol. The zero-order valence-corrected chi connectivity index (χ0v) is 22.0. The quantitative estimate of drug-likeness (QED) is 0.571. The van der Waals surface area contributed by atoms with Gasteiger partial charge in [0, 0.05) is 25.6 Å². The van der Waals surface area contributed by atoms with Crippen molar-refractivity contribution in [2.24, 2.45) is 5.41 Å². The van der Waals surface area contributed by atoms with E-state index in [1.165, 1.54) is 4.88 Å². The molecule has 2 aromatic rings. The summed E-state index contributed by atoms with van der Waals surface area (Å²) in [5.74, 6) is 0.0596. The van der Waals surface area contributed by atoms with E-state index in [0.717, 1.165) is 36.1 Å². The van der Waals surface area contributed by atoms with E-state index in [4.69, 9.17) is 0 Å². The van der Waals surface area contributed by atoms with Crippen molar-refractivity contribution >= 4 is 29.6 Å². The van der Waals surface area contributed by atoms with Gasteiger partial charge in [-0.05, 0) is 43.2 Å². The Morgan fingerprint density at radius 3 is 2.47 bits per heavy atom. The van der Waals surface area contributed by atoms with Crippen LogP contribution in [-0.4, -0.2) is 46.7 Å². The Labute approximate surface area is 207 Å². The molecule has 1 saturated heterocycles. The van der Waals surface area contributed by atoms with Crippen LogP contribution in [-0.2, 0) is 20.9 Å². The topological polar surface area (TPSA) is 91.4 Å². The van der Waals surface area contributed by atoms with E-state index in [1.54, 1.807) is 16.2 Å². The second-order valence-corrected chi connectivity index (χ2v) is 10.5. The minimum atomic E-state index is -0.313. The van der Waals surface area contributed by atoms with Crippen molar-refractivity contribution in [2.45, 2.75) is 79.4 Å². The highest BCUT2D eigenvalue weighted by atomic mass is 32.1. The standard InChI is InChI=1S/C17H19N3O2S.C9H19NO/c1-12-16(23-10-19-12)14-6-4-13(5-7-14)9-18-17(22)15-3-2-8-20(15)11-21;1-6-8(11)10-7(2)9(3,4)5/h4-7,10-11,15H,2-3,8-9H2,1H3,(H,18,22);7H,6H2,1-5H3,(H,10,11). The number of hydrogen-bond acceptors (Lipinski definition) is 5. The lowest BCUT2D eigenvalue weighted by Crippen LogP contribution is -2.42. The fourth-order valence-electron chi connectivity index (χ4n) is 3.42. The Morgan fingerprint density at radius 1 is 1.26 bits per heavy atom. The molecule has 3 amide bonds. The van der Waals surface area contributed by atoms with Crippen LogP contribution >= 0.6 is 11.3 Å². The normalized spacial score (nSPS) is 16.3. The van der Waals surface area contributed by atoms with Crippen molar-refractivity contribution in [1.82, 2.24) is 20.5 Å². The molecule has 0 saturated carbocycles. The van der Waals surface area contributed by atoms with Gasteiger partial charge in [0.2, 0.25) is 18.2 Å². The Kier molecular flexibility index (Phi) is 10.2. The van der Waals surface area contributed by atoms with Crippen LogP contribution in [0.5, 0.6) is 0 Å². The van der Waals surface area contributed by atoms with E-state index in [2.05, 4.69) is 48.5 Å². The van der Waals surface area contributed by atoms with E-state index >= 15 is 0 Å². The minimum Gasteiger partial charge on any atom is -0.353 e. The van der Waals surface area contributed by atoms with Gasteiger partial charge in [0.05, 0.1) is 16.1 Å². The molecule has 3 rings (SSSR count). The van der Waals surface area contributed by atoms with Gasteiger partial charge in [0.1, 0.15) is 6.04 Å². The van der Waals surface area contributed by atoms with E-state index in [1.807, 2.05) is 38.4 Å². The minimum absolute atomic E-state index is 0.0722. The fourth-order valence-corrected chi connectivity index (χ4v) is 4.23. The van der Waals surface area contributed by atoms with E-state index < -0.39 is 0 Å². The zero-order chi connectivity index (χ0) is 25.3. The molecule has 1 aromatic heterocycles. The van der Waals surface area contributed by atoms with Gasteiger partial charge in [-0.1, -0.05) is 52.0 Å². The Hall–Kier alpha value is -2.74. The molecule has 186 valence electrons. The summed E-state index contributed by atoms with van der Waals surface area (Å²) >= 11 is 1.63. The van der Waals surface area contributed by atoms with E-state index in [-0.39, 0.29) is 29.3 Å². The third kappa shape index (κ3) is 7.94. The number of likely N-dealkylation sites (tertiary alicyclic amines) is 1. The van der Waals surface area contributed by atoms with Crippen molar-refractivity contribution in [2.75, 3.05) is 6.54 Å². The number of nitrogens with zero attached hydrogens (tertiary/aromatic N) is 2. The number of rotatable bonds is 7. The largest absolute Gasteiger partial charge is 0.353 e. The molecule has 2 atom stereocenters.